The van der Waals surface area contributed by atoms with Crippen LogP contribution in [0.5, 0.6) is 0 Å². The van der Waals surface area contributed by atoms with Crippen molar-refractivity contribution in [3.05, 3.63) is 34.4 Å². The van der Waals surface area contributed by atoms with Crippen LogP contribution in [-0.2, 0) is 16.1 Å². The Labute approximate surface area is 129 Å². The van der Waals surface area contributed by atoms with Crippen LogP contribution in [0.25, 0.3) is 0 Å². The van der Waals surface area contributed by atoms with Crippen molar-refractivity contribution in [2.24, 2.45) is 0 Å². The number of ether oxygens (including phenoxy) is 2. The van der Waals surface area contributed by atoms with Gasteiger partial charge in [-0.1, -0.05) is 12.1 Å². The second kappa shape index (κ2) is 7.04. The van der Waals surface area contributed by atoms with Crippen molar-refractivity contribution in [2.75, 3.05) is 6.61 Å². The maximum absolute atomic E-state index is 9.93. The zero-order chi connectivity index (χ0) is 16.4. The first-order valence-corrected chi connectivity index (χ1v) is 7.34. The molecule has 1 aliphatic heterocycles. The highest BCUT2D eigenvalue weighted by atomic mass is 16.7. The van der Waals surface area contributed by atoms with Crippen molar-refractivity contribution in [1.82, 2.24) is 0 Å². The van der Waals surface area contributed by atoms with Crippen LogP contribution in [0.15, 0.2) is 12.1 Å². The number of aliphatic hydroxyl groups excluding tert-OH is 4. The molecule has 0 saturated carbocycles. The molecule has 1 aromatic carbocycles. The van der Waals surface area contributed by atoms with Crippen molar-refractivity contribution in [3.63, 3.8) is 0 Å². The predicted molar refractivity (Wildman–Crippen MR) is 79.2 cm³/mol. The van der Waals surface area contributed by atoms with Gasteiger partial charge in [-0.3, -0.25) is 0 Å². The minimum absolute atomic E-state index is 0.204. The van der Waals surface area contributed by atoms with E-state index in [1.807, 2.05) is 32.9 Å². The predicted octanol–water partition coefficient (Wildman–Crippen LogP) is -0.0716. The van der Waals surface area contributed by atoms with Crippen molar-refractivity contribution < 1.29 is 29.9 Å². The largest absolute Gasteiger partial charge is 0.394 e. The van der Waals surface area contributed by atoms with Gasteiger partial charge in [-0.2, -0.15) is 0 Å². The molecule has 5 atom stereocenters. The quantitative estimate of drug-likeness (QED) is 0.621. The molecule has 2 rings (SSSR count). The van der Waals surface area contributed by atoms with Crippen molar-refractivity contribution in [2.45, 2.75) is 58.1 Å². The Hall–Kier alpha value is -1.02. The Balaban J connectivity index is 2.06. The molecule has 0 bridgehead atoms. The van der Waals surface area contributed by atoms with Gasteiger partial charge >= 0.3 is 0 Å². The summed E-state index contributed by atoms with van der Waals surface area (Å²) in [6.45, 7) is 5.80. The Morgan fingerprint density at radius 2 is 1.68 bits per heavy atom. The van der Waals surface area contributed by atoms with Gasteiger partial charge in [-0.05, 0) is 43.0 Å². The summed E-state index contributed by atoms with van der Waals surface area (Å²) in [7, 11) is 0. The third-order valence-corrected chi connectivity index (χ3v) is 4.42. The summed E-state index contributed by atoms with van der Waals surface area (Å²) in [6.07, 6.45) is -6.22. The standard InChI is InChI=1S/C16H24O6/c1-8-4-5-11(10(3)9(8)2)7-21-16-15(20)14(19)13(18)12(6-17)22-16/h4-5,12-20H,6-7H2,1-3H3. The molecule has 0 aromatic heterocycles. The molecule has 1 aromatic rings. The Morgan fingerprint density at radius 1 is 1.00 bits per heavy atom. The number of hydrogen-bond donors (Lipinski definition) is 4. The van der Waals surface area contributed by atoms with Gasteiger partial charge in [0.15, 0.2) is 6.29 Å². The number of benzene rings is 1. The van der Waals surface area contributed by atoms with Gasteiger partial charge < -0.3 is 29.9 Å². The van der Waals surface area contributed by atoms with E-state index >= 15 is 0 Å². The van der Waals surface area contributed by atoms with Crippen LogP contribution < -0.4 is 0 Å². The van der Waals surface area contributed by atoms with E-state index in [1.165, 1.54) is 11.1 Å². The monoisotopic (exact) mass is 312 g/mol. The summed E-state index contributed by atoms with van der Waals surface area (Å²) in [4.78, 5) is 0. The molecule has 1 fully saturated rings. The average molecular weight is 312 g/mol. The molecule has 0 radical (unpaired) electrons. The SMILES string of the molecule is Cc1ccc(COC2OC(CO)C(O)C(O)C2O)c(C)c1C. The molecule has 4 N–H and O–H groups in total. The highest BCUT2D eigenvalue weighted by molar-refractivity contribution is 5.38. The summed E-state index contributed by atoms with van der Waals surface area (Å²) in [5, 5.41) is 38.5. The van der Waals surface area contributed by atoms with Crippen LogP contribution >= 0.6 is 0 Å². The summed E-state index contributed by atoms with van der Waals surface area (Å²) >= 11 is 0. The molecule has 0 aliphatic carbocycles. The third kappa shape index (κ3) is 3.32. The Morgan fingerprint density at radius 3 is 2.32 bits per heavy atom. The highest BCUT2D eigenvalue weighted by Crippen LogP contribution is 2.24. The maximum atomic E-state index is 9.93. The van der Waals surface area contributed by atoms with Gasteiger partial charge in [-0.15, -0.1) is 0 Å². The lowest BCUT2D eigenvalue weighted by Crippen LogP contribution is -2.59. The van der Waals surface area contributed by atoms with Crippen LogP contribution in [0, 0.1) is 20.8 Å². The van der Waals surface area contributed by atoms with E-state index in [-0.39, 0.29) is 6.61 Å². The lowest BCUT2D eigenvalue weighted by atomic mass is 9.98. The lowest BCUT2D eigenvalue weighted by Gasteiger charge is -2.39. The van der Waals surface area contributed by atoms with Crippen molar-refractivity contribution >= 4 is 0 Å². The maximum Gasteiger partial charge on any atom is 0.187 e. The molecule has 124 valence electrons. The van der Waals surface area contributed by atoms with E-state index in [2.05, 4.69) is 0 Å². The normalized spacial score (nSPS) is 32.2. The van der Waals surface area contributed by atoms with Crippen molar-refractivity contribution in [1.29, 1.82) is 0 Å². The fraction of sp³-hybridized carbons (Fsp3) is 0.625. The summed E-state index contributed by atoms with van der Waals surface area (Å²) in [6, 6.07) is 3.94. The molecule has 1 aliphatic rings. The van der Waals surface area contributed by atoms with Gasteiger partial charge in [0, 0.05) is 0 Å². The topological polar surface area (TPSA) is 99.4 Å². The average Bonchev–Trinajstić information content (AvgIpc) is 2.51. The van der Waals surface area contributed by atoms with Gasteiger partial charge in [0.1, 0.15) is 24.4 Å². The zero-order valence-electron chi connectivity index (χ0n) is 13.1. The summed E-state index contributed by atoms with van der Waals surface area (Å²) < 4.78 is 10.9. The molecule has 6 heteroatoms. The third-order valence-electron chi connectivity index (χ3n) is 4.42. The Bertz CT molecular complexity index is 516. The van der Waals surface area contributed by atoms with Crippen LogP contribution in [0.4, 0.5) is 0 Å². The lowest BCUT2D eigenvalue weighted by molar-refractivity contribution is -0.304. The van der Waals surface area contributed by atoms with Crippen LogP contribution in [-0.4, -0.2) is 57.7 Å². The van der Waals surface area contributed by atoms with E-state index in [1.54, 1.807) is 0 Å². The second-order valence-corrected chi connectivity index (χ2v) is 5.80. The van der Waals surface area contributed by atoms with Gasteiger partial charge in [0.25, 0.3) is 0 Å². The second-order valence-electron chi connectivity index (χ2n) is 5.80. The molecule has 1 heterocycles. The van der Waals surface area contributed by atoms with Gasteiger partial charge in [0.2, 0.25) is 0 Å². The van der Waals surface area contributed by atoms with Crippen LogP contribution in [0.1, 0.15) is 22.3 Å². The Kier molecular flexibility index (Phi) is 5.55. The molecule has 5 unspecified atom stereocenters. The summed E-state index contributed by atoms with van der Waals surface area (Å²) in [5.41, 5.74) is 4.42. The molecular weight excluding hydrogens is 288 g/mol. The fourth-order valence-corrected chi connectivity index (χ4v) is 2.55. The molecule has 0 spiro atoms. The highest BCUT2D eigenvalue weighted by Gasteiger charge is 2.43. The number of aryl methyl sites for hydroxylation is 1. The molecular formula is C16H24O6. The van der Waals surface area contributed by atoms with Gasteiger partial charge in [0.05, 0.1) is 13.2 Å². The summed E-state index contributed by atoms with van der Waals surface area (Å²) in [5.74, 6) is 0. The first-order chi connectivity index (χ1) is 10.4. The molecule has 6 nitrogen and oxygen atoms in total. The van der Waals surface area contributed by atoms with Gasteiger partial charge in [-0.25, -0.2) is 0 Å². The van der Waals surface area contributed by atoms with Crippen LogP contribution in [0.3, 0.4) is 0 Å². The first-order valence-electron chi connectivity index (χ1n) is 7.34. The number of rotatable bonds is 4. The fourth-order valence-electron chi connectivity index (χ4n) is 2.55. The van der Waals surface area contributed by atoms with E-state index in [9.17, 15) is 15.3 Å². The molecule has 0 amide bonds. The van der Waals surface area contributed by atoms with E-state index in [0.29, 0.717) is 0 Å². The van der Waals surface area contributed by atoms with E-state index in [0.717, 1.165) is 11.1 Å². The van der Waals surface area contributed by atoms with Crippen molar-refractivity contribution in [3.8, 4) is 0 Å². The minimum Gasteiger partial charge on any atom is -0.394 e. The molecule has 22 heavy (non-hydrogen) atoms. The molecule has 1 saturated heterocycles. The first kappa shape index (κ1) is 17.3. The van der Waals surface area contributed by atoms with E-state index in [4.69, 9.17) is 14.6 Å². The smallest absolute Gasteiger partial charge is 0.187 e. The minimum atomic E-state index is -1.42. The van der Waals surface area contributed by atoms with E-state index < -0.39 is 37.3 Å². The van der Waals surface area contributed by atoms with Crippen LogP contribution in [0.2, 0.25) is 0 Å². The zero-order valence-corrected chi connectivity index (χ0v) is 13.1. The number of hydrogen-bond acceptors (Lipinski definition) is 6. The number of aliphatic hydroxyl groups is 4.